The predicted molar refractivity (Wildman–Crippen MR) is 92.8 cm³/mol. The number of rotatable bonds is 7. The van der Waals surface area contributed by atoms with Gasteiger partial charge in [0.05, 0.1) is 5.56 Å². The zero-order chi connectivity index (χ0) is 16.7. The van der Waals surface area contributed by atoms with Crippen LogP contribution < -0.4 is 10.6 Å². The summed E-state index contributed by atoms with van der Waals surface area (Å²) in [5, 5.41) is 5.97. The molecule has 2 rings (SSSR count). The number of aromatic nitrogens is 2. The number of hydrogen-bond donors (Lipinski definition) is 2. The van der Waals surface area contributed by atoms with Crippen LogP contribution in [0.25, 0.3) is 0 Å². The Kier molecular flexibility index (Phi) is 6.05. The van der Waals surface area contributed by atoms with E-state index in [0.717, 1.165) is 30.8 Å². The number of amides is 1. The van der Waals surface area contributed by atoms with E-state index in [0.29, 0.717) is 11.5 Å². The molecule has 0 unspecified atom stereocenters. The molecule has 1 aromatic carbocycles. The largest absolute Gasteiger partial charge is 0.354 e. The van der Waals surface area contributed by atoms with E-state index < -0.39 is 0 Å². The third kappa shape index (κ3) is 5.67. The van der Waals surface area contributed by atoms with Gasteiger partial charge in [0.25, 0.3) is 5.91 Å². The van der Waals surface area contributed by atoms with Gasteiger partial charge >= 0.3 is 0 Å². The molecule has 0 atom stereocenters. The molecule has 1 aromatic heterocycles. The lowest BCUT2D eigenvalue weighted by Gasteiger charge is -2.10. The van der Waals surface area contributed by atoms with Crippen LogP contribution in [0.2, 0.25) is 0 Å². The first-order valence-corrected chi connectivity index (χ1v) is 7.63. The Bertz CT molecular complexity index is 622. The highest BCUT2D eigenvalue weighted by molar-refractivity contribution is 6.03. The summed E-state index contributed by atoms with van der Waals surface area (Å²) in [6, 6.07) is 7.64. The van der Waals surface area contributed by atoms with Crippen LogP contribution in [0.3, 0.4) is 0 Å². The van der Waals surface area contributed by atoms with Crippen molar-refractivity contribution >= 4 is 17.5 Å². The molecule has 2 N–H and O–H groups in total. The minimum absolute atomic E-state index is 0.215. The monoisotopic (exact) mass is 313 g/mol. The Morgan fingerprint density at radius 3 is 2.39 bits per heavy atom. The van der Waals surface area contributed by atoms with Crippen LogP contribution in [-0.2, 0) is 0 Å². The van der Waals surface area contributed by atoms with Gasteiger partial charge in [0.1, 0.15) is 0 Å². The normalized spacial score (nSPS) is 10.6. The minimum Gasteiger partial charge on any atom is -0.354 e. The van der Waals surface area contributed by atoms with E-state index in [-0.39, 0.29) is 5.91 Å². The van der Waals surface area contributed by atoms with Gasteiger partial charge < -0.3 is 15.5 Å². The number of aryl methyl sites for hydroxylation is 1. The van der Waals surface area contributed by atoms with Gasteiger partial charge in [0, 0.05) is 24.6 Å². The molecule has 0 saturated carbocycles. The van der Waals surface area contributed by atoms with Crippen LogP contribution in [-0.4, -0.2) is 48.0 Å². The fourth-order valence-electron chi connectivity index (χ4n) is 1.97. The molecule has 0 bridgehead atoms. The third-order valence-corrected chi connectivity index (χ3v) is 3.29. The molecular weight excluding hydrogens is 290 g/mol. The number of nitrogens with one attached hydrogen (secondary N) is 2. The van der Waals surface area contributed by atoms with E-state index in [2.05, 4.69) is 25.5 Å². The van der Waals surface area contributed by atoms with Gasteiger partial charge in [-0.05, 0) is 46.1 Å². The smallest absolute Gasteiger partial charge is 0.258 e. The summed E-state index contributed by atoms with van der Waals surface area (Å²) in [7, 11) is 4.08. The summed E-state index contributed by atoms with van der Waals surface area (Å²) in [5.74, 6) is 0.323. The summed E-state index contributed by atoms with van der Waals surface area (Å²) in [5.41, 5.74) is 2.34. The Balaban J connectivity index is 1.86. The van der Waals surface area contributed by atoms with E-state index in [1.165, 1.54) is 12.4 Å². The van der Waals surface area contributed by atoms with E-state index in [1.807, 2.05) is 45.3 Å². The topological polar surface area (TPSA) is 70.2 Å². The highest BCUT2D eigenvalue weighted by Gasteiger charge is 2.07. The predicted octanol–water partition coefficient (Wildman–Crippen LogP) is 2.40. The van der Waals surface area contributed by atoms with Crippen molar-refractivity contribution in [3.05, 3.63) is 47.8 Å². The van der Waals surface area contributed by atoms with E-state index in [9.17, 15) is 4.79 Å². The van der Waals surface area contributed by atoms with Gasteiger partial charge in [-0.15, -0.1) is 0 Å². The Morgan fingerprint density at radius 1 is 1.13 bits per heavy atom. The van der Waals surface area contributed by atoms with Crippen LogP contribution in [0.15, 0.2) is 36.7 Å². The van der Waals surface area contributed by atoms with Gasteiger partial charge in [-0.3, -0.25) is 4.79 Å². The molecule has 1 heterocycles. The molecule has 0 radical (unpaired) electrons. The Labute approximate surface area is 137 Å². The van der Waals surface area contributed by atoms with Crippen molar-refractivity contribution < 1.29 is 4.79 Å². The number of carbonyl (C=O) groups excluding carboxylic acids is 1. The molecular formula is C17H23N5O. The molecule has 2 aromatic rings. The zero-order valence-corrected chi connectivity index (χ0v) is 13.8. The average molecular weight is 313 g/mol. The van der Waals surface area contributed by atoms with Gasteiger partial charge in [0.15, 0.2) is 0 Å². The molecule has 0 saturated heterocycles. The number of anilines is 2. The standard InChI is InChI=1S/C17H23N5O/c1-13-5-7-15(8-6-13)21-16(23)14-11-19-17(20-12-14)18-9-4-10-22(2)3/h5-8,11-12H,4,9-10H2,1-3H3,(H,21,23)(H,18,19,20). The summed E-state index contributed by atoms with van der Waals surface area (Å²) < 4.78 is 0. The van der Waals surface area contributed by atoms with Crippen molar-refractivity contribution in [3.63, 3.8) is 0 Å². The van der Waals surface area contributed by atoms with Crippen LogP contribution in [0, 0.1) is 6.92 Å². The van der Waals surface area contributed by atoms with Crippen LogP contribution in [0.4, 0.5) is 11.6 Å². The van der Waals surface area contributed by atoms with Gasteiger partial charge in [-0.25, -0.2) is 9.97 Å². The maximum atomic E-state index is 12.1. The van der Waals surface area contributed by atoms with E-state index in [1.54, 1.807) is 0 Å². The van der Waals surface area contributed by atoms with Crippen LogP contribution in [0.1, 0.15) is 22.3 Å². The highest BCUT2D eigenvalue weighted by Crippen LogP contribution is 2.10. The number of carbonyl (C=O) groups is 1. The Hall–Kier alpha value is -2.47. The van der Waals surface area contributed by atoms with Crippen LogP contribution >= 0.6 is 0 Å². The average Bonchev–Trinajstić information content (AvgIpc) is 2.54. The zero-order valence-electron chi connectivity index (χ0n) is 13.8. The number of benzene rings is 1. The maximum Gasteiger partial charge on any atom is 0.258 e. The number of nitrogens with zero attached hydrogens (tertiary/aromatic N) is 3. The molecule has 6 nitrogen and oxygen atoms in total. The lowest BCUT2D eigenvalue weighted by Crippen LogP contribution is -2.17. The summed E-state index contributed by atoms with van der Waals surface area (Å²) >= 11 is 0. The summed E-state index contributed by atoms with van der Waals surface area (Å²) in [6.07, 6.45) is 4.07. The van der Waals surface area contributed by atoms with Crippen LogP contribution in [0.5, 0.6) is 0 Å². The molecule has 0 aliphatic rings. The molecule has 0 aliphatic heterocycles. The Morgan fingerprint density at radius 2 is 1.78 bits per heavy atom. The lowest BCUT2D eigenvalue weighted by molar-refractivity contribution is 0.102. The number of hydrogen-bond acceptors (Lipinski definition) is 5. The molecule has 23 heavy (non-hydrogen) atoms. The van der Waals surface area contributed by atoms with Gasteiger partial charge in [0.2, 0.25) is 5.95 Å². The molecule has 1 amide bonds. The summed E-state index contributed by atoms with van der Waals surface area (Å²) in [6.45, 7) is 3.81. The fourth-order valence-corrected chi connectivity index (χ4v) is 1.97. The molecule has 0 spiro atoms. The first-order chi connectivity index (χ1) is 11.0. The van der Waals surface area contributed by atoms with Crippen molar-refractivity contribution in [2.45, 2.75) is 13.3 Å². The van der Waals surface area contributed by atoms with Gasteiger partial charge in [-0.1, -0.05) is 17.7 Å². The van der Waals surface area contributed by atoms with Crippen molar-refractivity contribution in [3.8, 4) is 0 Å². The van der Waals surface area contributed by atoms with E-state index in [4.69, 9.17) is 0 Å². The van der Waals surface area contributed by atoms with Crippen molar-refractivity contribution in [1.82, 2.24) is 14.9 Å². The SMILES string of the molecule is Cc1ccc(NC(=O)c2cnc(NCCCN(C)C)nc2)cc1. The highest BCUT2D eigenvalue weighted by atomic mass is 16.1. The maximum absolute atomic E-state index is 12.1. The second-order valence-corrected chi connectivity index (χ2v) is 5.70. The molecule has 6 heteroatoms. The van der Waals surface area contributed by atoms with Crippen molar-refractivity contribution in [1.29, 1.82) is 0 Å². The summed E-state index contributed by atoms with van der Waals surface area (Å²) in [4.78, 5) is 22.6. The second-order valence-electron chi connectivity index (χ2n) is 5.70. The second kappa shape index (κ2) is 8.24. The molecule has 122 valence electrons. The van der Waals surface area contributed by atoms with Crippen molar-refractivity contribution in [2.75, 3.05) is 37.8 Å². The first kappa shape index (κ1) is 16.9. The first-order valence-electron chi connectivity index (χ1n) is 7.63. The third-order valence-electron chi connectivity index (χ3n) is 3.29. The fraction of sp³-hybridized carbons (Fsp3) is 0.353. The van der Waals surface area contributed by atoms with Crippen molar-refractivity contribution in [2.24, 2.45) is 0 Å². The lowest BCUT2D eigenvalue weighted by atomic mass is 10.2. The molecule has 0 aliphatic carbocycles. The minimum atomic E-state index is -0.215. The van der Waals surface area contributed by atoms with E-state index >= 15 is 0 Å². The van der Waals surface area contributed by atoms with Gasteiger partial charge in [-0.2, -0.15) is 0 Å². The molecule has 0 fully saturated rings. The quantitative estimate of drug-likeness (QED) is 0.768.